The molecule has 0 saturated carbocycles. The van der Waals surface area contributed by atoms with Gasteiger partial charge in [0.15, 0.2) is 0 Å². The maximum absolute atomic E-state index is 11.6. The number of benzene rings is 3. The molecule has 0 aliphatic carbocycles. The normalized spacial score (nSPS) is 11.2. The van der Waals surface area contributed by atoms with Crippen molar-refractivity contribution in [3.05, 3.63) is 95.6 Å². The molecule has 0 saturated heterocycles. The molecule has 0 atom stereocenters. The second-order valence-electron chi connectivity index (χ2n) is 5.76. The van der Waals surface area contributed by atoms with Gasteiger partial charge in [-0.25, -0.2) is 4.79 Å². The minimum Gasteiger partial charge on any atom is -0.508 e. The van der Waals surface area contributed by atoms with Crippen molar-refractivity contribution in [1.29, 1.82) is 0 Å². The summed E-state index contributed by atoms with van der Waals surface area (Å²) in [6.45, 7) is 0.442. The smallest absolute Gasteiger partial charge is 0.336 e. The summed E-state index contributed by atoms with van der Waals surface area (Å²) < 4.78 is 5.79. The third-order valence-electron chi connectivity index (χ3n) is 3.83. The molecule has 0 amide bonds. The van der Waals surface area contributed by atoms with Crippen LogP contribution in [-0.2, 0) is 11.4 Å². The van der Waals surface area contributed by atoms with E-state index in [-0.39, 0.29) is 11.3 Å². The molecule has 3 aromatic rings. The predicted molar refractivity (Wildman–Crippen MR) is 101 cm³/mol. The van der Waals surface area contributed by atoms with Crippen molar-refractivity contribution in [2.45, 2.75) is 6.61 Å². The number of aliphatic carboxylic acids is 1. The first-order valence-electron chi connectivity index (χ1n) is 8.13. The third-order valence-corrected chi connectivity index (χ3v) is 3.83. The first kappa shape index (κ1) is 17.3. The first-order chi connectivity index (χ1) is 12.6. The summed E-state index contributed by atoms with van der Waals surface area (Å²) in [4.78, 5) is 11.6. The summed E-state index contributed by atoms with van der Waals surface area (Å²) in [6, 6.07) is 23.2. The molecule has 3 rings (SSSR count). The van der Waals surface area contributed by atoms with Crippen LogP contribution in [0.25, 0.3) is 11.6 Å². The fraction of sp³-hybridized carbons (Fsp3) is 0.0455. The van der Waals surface area contributed by atoms with Gasteiger partial charge in [-0.1, -0.05) is 54.6 Å². The Kier molecular flexibility index (Phi) is 5.34. The van der Waals surface area contributed by atoms with E-state index in [0.29, 0.717) is 17.9 Å². The van der Waals surface area contributed by atoms with E-state index >= 15 is 0 Å². The lowest BCUT2D eigenvalue weighted by Gasteiger charge is -2.08. The third kappa shape index (κ3) is 4.51. The Bertz CT molecular complexity index is 912. The van der Waals surface area contributed by atoms with Crippen molar-refractivity contribution in [3.8, 4) is 11.5 Å². The molecule has 26 heavy (non-hydrogen) atoms. The van der Waals surface area contributed by atoms with Gasteiger partial charge >= 0.3 is 5.97 Å². The van der Waals surface area contributed by atoms with Gasteiger partial charge in [-0.3, -0.25) is 0 Å². The highest BCUT2D eigenvalue weighted by Crippen LogP contribution is 2.23. The van der Waals surface area contributed by atoms with Gasteiger partial charge in [-0.15, -0.1) is 0 Å². The molecule has 2 N–H and O–H groups in total. The van der Waals surface area contributed by atoms with Gasteiger partial charge in [-0.05, 0) is 47.0 Å². The molecule has 0 aliphatic rings. The average molecular weight is 346 g/mol. The second kappa shape index (κ2) is 8.03. The molecule has 0 aliphatic heterocycles. The molecule has 0 spiro atoms. The number of ether oxygens (including phenoxy) is 1. The zero-order valence-corrected chi connectivity index (χ0v) is 14.0. The van der Waals surface area contributed by atoms with Crippen LogP contribution in [0.5, 0.6) is 11.5 Å². The number of phenolic OH excluding ortho intramolecular Hbond substituents is 1. The van der Waals surface area contributed by atoms with Crippen LogP contribution in [0.15, 0.2) is 78.9 Å². The van der Waals surface area contributed by atoms with Crippen molar-refractivity contribution < 1.29 is 19.7 Å². The molecular weight excluding hydrogens is 328 g/mol. The van der Waals surface area contributed by atoms with Crippen LogP contribution < -0.4 is 4.74 Å². The van der Waals surface area contributed by atoms with E-state index in [2.05, 4.69) is 0 Å². The molecule has 0 fully saturated rings. The number of carboxylic acids is 1. The Morgan fingerprint density at radius 1 is 0.923 bits per heavy atom. The van der Waals surface area contributed by atoms with Gasteiger partial charge in [0.05, 0.1) is 5.57 Å². The zero-order chi connectivity index (χ0) is 18.4. The van der Waals surface area contributed by atoms with Crippen LogP contribution in [0.2, 0.25) is 0 Å². The summed E-state index contributed by atoms with van der Waals surface area (Å²) in [5, 5.41) is 18.9. The minimum atomic E-state index is -1.04. The predicted octanol–water partition coefficient (Wildman–Crippen LogP) is 4.60. The van der Waals surface area contributed by atoms with E-state index in [1.165, 1.54) is 12.1 Å². The average Bonchev–Trinajstić information content (AvgIpc) is 2.66. The lowest BCUT2D eigenvalue weighted by molar-refractivity contribution is -0.130. The van der Waals surface area contributed by atoms with Crippen molar-refractivity contribution in [1.82, 2.24) is 0 Å². The number of hydrogen-bond acceptors (Lipinski definition) is 3. The van der Waals surface area contributed by atoms with Crippen molar-refractivity contribution >= 4 is 17.6 Å². The highest BCUT2D eigenvalue weighted by atomic mass is 16.5. The van der Waals surface area contributed by atoms with Crippen LogP contribution in [0.1, 0.15) is 16.7 Å². The molecule has 3 aromatic carbocycles. The van der Waals surface area contributed by atoms with E-state index in [0.717, 1.165) is 11.1 Å². The van der Waals surface area contributed by atoms with Crippen LogP contribution in [-0.4, -0.2) is 16.2 Å². The monoisotopic (exact) mass is 346 g/mol. The molecular formula is C22H18O4. The molecule has 0 aromatic heterocycles. The van der Waals surface area contributed by atoms with Crippen molar-refractivity contribution in [2.24, 2.45) is 0 Å². The Labute approximate surface area is 151 Å². The summed E-state index contributed by atoms with van der Waals surface area (Å²) in [5.41, 5.74) is 2.45. The van der Waals surface area contributed by atoms with Crippen molar-refractivity contribution in [3.63, 3.8) is 0 Å². The maximum atomic E-state index is 11.6. The first-order valence-corrected chi connectivity index (χ1v) is 8.13. The van der Waals surface area contributed by atoms with E-state index in [9.17, 15) is 15.0 Å². The quantitative estimate of drug-likeness (QED) is 0.506. The summed E-state index contributed by atoms with van der Waals surface area (Å²) >= 11 is 0. The van der Waals surface area contributed by atoms with E-state index < -0.39 is 5.97 Å². The fourth-order valence-corrected chi connectivity index (χ4v) is 2.51. The Morgan fingerprint density at radius 2 is 1.65 bits per heavy atom. The van der Waals surface area contributed by atoms with Crippen LogP contribution >= 0.6 is 0 Å². The van der Waals surface area contributed by atoms with Gasteiger partial charge < -0.3 is 14.9 Å². The molecule has 130 valence electrons. The summed E-state index contributed by atoms with van der Waals surface area (Å²) in [5.74, 6) is -0.279. The van der Waals surface area contributed by atoms with Gasteiger partial charge in [0.1, 0.15) is 18.1 Å². The number of rotatable bonds is 6. The number of hydrogen-bond donors (Lipinski definition) is 2. The number of carboxylic acid groups (broad SMARTS) is 1. The zero-order valence-electron chi connectivity index (χ0n) is 14.0. The van der Waals surface area contributed by atoms with E-state index in [4.69, 9.17) is 4.74 Å². The molecule has 0 bridgehead atoms. The summed E-state index contributed by atoms with van der Waals surface area (Å²) in [7, 11) is 0. The van der Waals surface area contributed by atoms with Crippen LogP contribution in [0.4, 0.5) is 0 Å². The van der Waals surface area contributed by atoms with Crippen LogP contribution in [0.3, 0.4) is 0 Å². The Morgan fingerprint density at radius 3 is 2.35 bits per heavy atom. The highest BCUT2D eigenvalue weighted by Gasteiger charge is 2.10. The molecule has 0 unspecified atom stereocenters. The topological polar surface area (TPSA) is 66.8 Å². The number of aromatic hydroxyl groups is 1. The van der Waals surface area contributed by atoms with Gasteiger partial charge in [0.25, 0.3) is 0 Å². The number of carbonyl (C=O) groups is 1. The molecule has 0 radical (unpaired) electrons. The SMILES string of the molecule is O=C(O)/C(=C\c1cccc(OCc2ccccc2)c1)c1ccc(O)cc1. The Balaban J connectivity index is 1.82. The van der Waals surface area contributed by atoms with E-state index in [1.807, 2.05) is 48.5 Å². The second-order valence-corrected chi connectivity index (χ2v) is 5.76. The summed E-state index contributed by atoms with van der Waals surface area (Å²) in [6.07, 6.45) is 1.59. The largest absolute Gasteiger partial charge is 0.508 e. The van der Waals surface area contributed by atoms with Gasteiger partial charge in [0.2, 0.25) is 0 Å². The van der Waals surface area contributed by atoms with Gasteiger partial charge in [0, 0.05) is 0 Å². The number of phenols is 1. The Hall–Kier alpha value is -3.53. The van der Waals surface area contributed by atoms with Crippen molar-refractivity contribution in [2.75, 3.05) is 0 Å². The molecule has 4 nitrogen and oxygen atoms in total. The molecule has 4 heteroatoms. The fourth-order valence-electron chi connectivity index (χ4n) is 2.51. The lowest BCUT2D eigenvalue weighted by Crippen LogP contribution is -1.99. The molecule has 0 heterocycles. The lowest BCUT2D eigenvalue weighted by atomic mass is 10.0. The standard InChI is InChI=1S/C22H18O4/c23-19-11-9-18(10-12-19)21(22(24)25)14-17-7-4-8-20(13-17)26-15-16-5-2-1-3-6-16/h1-14,23H,15H2,(H,24,25)/b21-14-. The van der Waals surface area contributed by atoms with Crippen LogP contribution in [0, 0.1) is 0 Å². The van der Waals surface area contributed by atoms with Gasteiger partial charge in [-0.2, -0.15) is 0 Å². The van der Waals surface area contributed by atoms with E-state index in [1.54, 1.807) is 24.3 Å². The highest BCUT2D eigenvalue weighted by molar-refractivity contribution is 6.20. The maximum Gasteiger partial charge on any atom is 0.336 e. The minimum absolute atomic E-state index is 0.0924.